The lowest BCUT2D eigenvalue weighted by molar-refractivity contribution is 0.0643. The van der Waals surface area contributed by atoms with Gasteiger partial charge in [-0.25, -0.2) is 0 Å². The van der Waals surface area contributed by atoms with E-state index < -0.39 is 0 Å². The Balaban J connectivity index is 1.58. The third-order valence-corrected chi connectivity index (χ3v) is 5.32. The molecule has 2 heterocycles. The molecule has 0 N–H and O–H groups in total. The molecule has 3 rings (SSSR count). The lowest BCUT2D eigenvalue weighted by Crippen LogP contribution is -2.48. The molecule has 0 saturated carbocycles. The van der Waals surface area contributed by atoms with Crippen LogP contribution in [0.1, 0.15) is 62.3 Å². The van der Waals surface area contributed by atoms with E-state index in [1.165, 1.54) is 5.56 Å². The Labute approximate surface area is 175 Å². The van der Waals surface area contributed by atoms with Crippen LogP contribution in [0.15, 0.2) is 42.5 Å². The molecule has 0 atom stereocenters. The molecule has 0 spiro atoms. The fourth-order valence-corrected chi connectivity index (χ4v) is 3.65. The number of amides is 1. The number of carbonyl (C=O) groups excluding carboxylic acids is 1. The molecule has 1 fully saturated rings. The Morgan fingerprint density at radius 3 is 2.31 bits per heavy atom. The second kappa shape index (κ2) is 8.95. The number of hydrogen-bond donors (Lipinski definition) is 0. The number of piperazine rings is 1. The fourth-order valence-electron chi connectivity index (χ4n) is 3.65. The highest BCUT2D eigenvalue weighted by atomic mass is 16.2. The monoisotopic (exact) mass is 394 g/mol. The first-order valence-corrected chi connectivity index (χ1v) is 10.6. The molecule has 0 radical (unpaired) electrons. The van der Waals surface area contributed by atoms with Crippen LogP contribution in [-0.2, 0) is 5.54 Å². The Morgan fingerprint density at radius 1 is 1.10 bits per heavy atom. The van der Waals surface area contributed by atoms with Gasteiger partial charge in [0, 0.05) is 38.4 Å². The number of rotatable bonds is 5. The maximum absolute atomic E-state index is 13.0. The van der Waals surface area contributed by atoms with Crippen molar-refractivity contribution in [2.24, 2.45) is 0 Å². The first-order chi connectivity index (χ1) is 13.8. The number of aromatic nitrogens is 2. The summed E-state index contributed by atoms with van der Waals surface area (Å²) in [5, 5.41) is 4.68. The third kappa shape index (κ3) is 5.36. The maximum Gasteiger partial charge on any atom is 0.274 e. The minimum absolute atomic E-state index is 0.0503. The molecule has 1 aromatic heterocycles. The molecule has 156 valence electrons. The third-order valence-electron chi connectivity index (χ3n) is 5.32. The second-order valence-corrected chi connectivity index (χ2v) is 9.10. The largest absolute Gasteiger partial charge is 0.335 e. The highest BCUT2D eigenvalue weighted by molar-refractivity contribution is 5.92. The van der Waals surface area contributed by atoms with Crippen molar-refractivity contribution in [3.8, 4) is 0 Å². The average molecular weight is 395 g/mol. The Hall–Kier alpha value is -2.40. The van der Waals surface area contributed by atoms with Crippen molar-refractivity contribution >= 4 is 12.0 Å². The summed E-state index contributed by atoms with van der Waals surface area (Å²) in [4.78, 5) is 17.4. The van der Waals surface area contributed by atoms with Gasteiger partial charge in [0.1, 0.15) is 0 Å². The molecule has 1 saturated heterocycles. The molecule has 5 heteroatoms. The Bertz CT molecular complexity index is 838. The molecule has 5 nitrogen and oxygen atoms in total. The quantitative estimate of drug-likeness (QED) is 0.762. The number of benzene rings is 1. The van der Waals surface area contributed by atoms with E-state index in [0.717, 1.165) is 38.4 Å². The summed E-state index contributed by atoms with van der Waals surface area (Å²) in [6.07, 6.45) is 4.36. The van der Waals surface area contributed by atoms with Crippen LogP contribution in [-0.4, -0.2) is 58.2 Å². The Morgan fingerprint density at radius 2 is 1.76 bits per heavy atom. The van der Waals surface area contributed by atoms with Crippen LogP contribution in [0, 0.1) is 0 Å². The van der Waals surface area contributed by atoms with Gasteiger partial charge >= 0.3 is 0 Å². The minimum atomic E-state index is -0.137. The molecular formula is C24H34N4O. The normalized spacial score (nSPS) is 16.1. The van der Waals surface area contributed by atoms with Gasteiger partial charge in [-0.3, -0.25) is 14.4 Å². The minimum Gasteiger partial charge on any atom is -0.335 e. The van der Waals surface area contributed by atoms with Gasteiger partial charge in [-0.05, 0) is 38.3 Å². The predicted octanol–water partition coefficient (Wildman–Crippen LogP) is 4.23. The topological polar surface area (TPSA) is 41.4 Å². The van der Waals surface area contributed by atoms with E-state index in [9.17, 15) is 4.79 Å². The van der Waals surface area contributed by atoms with Crippen molar-refractivity contribution in [2.75, 3.05) is 32.7 Å². The summed E-state index contributed by atoms with van der Waals surface area (Å²) in [6.45, 7) is 14.9. The van der Waals surface area contributed by atoms with Gasteiger partial charge in [-0.15, -0.1) is 0 Å². The van der Waals surface area contributed by atoms with Gasteiger partial charge in [-0.2, -0.15) is 5.10 Å². The predicted molar refractivity (Wildman–Crippen MR) is 119 cm³/mol. The summed E-state index contributed by atoms with van der Waals surface area (Å²) in [7, 11) is 0. The molecule has 2 aromatic rings. The van der Waals surface area contributed by atoms with Gasteiger partial charge in [0.15, 0.2) is 5.69 Å². The molecule has 0 unspecified atom stereocenters. The zero-order valence-electron chi connectivity index (χ0n) is 18.4. The van der Waals surface area contributed by atoms with Crippen molar-refractivity contribution in [1.29, 1.82) is 0 Å². The zero-order valence-corrected chi connectivity index (χ0v) is 18.4. The van der Waals surface area contributed by atoms with Crippen molar-refractivity contribution in [2.45, 2.75) is 46.1 Å². The first kappa shape index (κ1) is 21.3. The van der Waals surface area contributed by atoms with E-state index in [4.69, 9.17) is 0 Å². The van der Waals surface area contributed by atoms with Crippen LogP contribution in [0.3, 0.4) is 0 Å². The highest BCUT2D eigenvalue weighted by Crippen LogP contribution is 2.24. The molecule has 1 amide bonds. The van der Waals surface area contributed by atoms with Crippen LogP contribution in [0.4, 0.5) is 0 Å². The van der Waals surface area contributed by atoms with Gasteiger partial charge in [0.25, 0.3) is 5.91 Å². The fraction of sp³-hybridized carbons (Fsp3) is 0.500. The summed E-state index contributed by atoms with van der Waals surface area (Å²) in [5.41, 5.74) is 2.77. The summed E-state index contributed by atoms with van der Waals surface area (Å²) in [5.74, 6) is 0.380. The van der Waals surface area contributed by atoms with E-state index in [2.05, 4.69) is 81.0 Å². The van der Waals surface area contributed by atoms with Crippen LogP contribution in [0.25, 0.3) is 6.08 Å². The number of nitrogens with zero attached hydrogens (tertiary/aromatic N) is 4. The summed E-state index contributed by atoms with van der Waals surface area (Å²) in [6, 6.07) is 12.3. The molecule has 29 heavy (non-hydrogen) atoms. The molecule has 1 aliphatic heterocycles. The lowest BCUT2D eigenvalue weighted by atomic mass is 10.1. The van der Waals surface area contributed by atoms with Crippen LogP contribution >= 0.6 is 0 Å². The summed E-state index contributed by atoms with van der Waals surface area (Å²) >= 11 is 0. The van der Waals surface area contributed by atoms with Gasteiger partial charge in [0.05, 0.1) is 5.54 Å². The van der Waals surface area contributed by atoms with Crippen molar-refractivity contribution in [3.05, 3.63) is 59.4 Å². The SMILES string of the molecule is CC(C)c1cc(C(=O)N2CCN(C/C=C/c3ccccc3)CC2)nn1C(C)(C)C. The molecule has 0 bridgehead atoms. The van der Waals surface area contributed by atoms with Crippen LogP contribution in [0.2, 0.25) is 0 Å². The van der Waals surface area contributed by atoms with Crippen molar-refractivity contribution < 1.29 is 4.79 Å². The van der Waals surface area contributed by atoms with Gasteiger partial charge in [-0.1, -0.05) is 56.3 Å². The molecule has 1 aliphatic rings. The lowest BCUT2D eigenvalue weighted by Gasteiger charge is -2.33. The standard InChI is InChI=1S/C24H34N4O/c1-19(2)22-18-21(25-28(22)24(3,4)5)23(29)27-16-14-26(15-17-27)13-9-12-20-10-7-6-8-11-20/h6-12,18-19H,13-17H2,1-5H3/b12-9+. The van der Waals surface area contributed by atoms with Gasteiger partial charge in [0.2, 0.25) is 0 Å². The van der Waals surface area contributed by atoms with E-state index in [1.807, 2.05) is 21.7 Å². The van der Waals surface area contributed by atoms with Crippen LogP contribution < -0.4 is 0 Å². The van der Waals surface area contributed by atoms with Crippen molar-refractivity contribution in [3.63, 3.8) is 0 Å². The zero-order chi connectivity index (χ0) is 21.0. The maximum atomic E-state index is 13.0. The van der Waals surface area contributed by atoms with E-state index in [1.54, 1.807) is 0 Å². The average Bonchev–Trinajstić information content (AvgIpc) is 3.15. The molecule has 0 aliphatic carbocycles. The number of carbonyl (C=O) groups is 1. The van der Waals surface area contributed by atoms with Crippen molar-refractivity contribution in [1.82, 2.24) is 19.6 Å². The molecular weight excluding hydrogens is 360 g/mol. The Kier molecular flexibility index (Phi) is 6.58. The molecule has 1 aromatic carbocycles. The first-order valence-electron chi connectivity index (χ1n) is 10.6. The number of hydrogen-bond acceptors (Lipinski definition) is 3. The second-order valence-electron chi connectivity index (χ2n) is 9.10. The smallest absolute Gasteiger partial charge is 0.274 e. The van der Waals surface area contributed by atoms with E-state index in [-0.39, 0.29) is 11.4 Å². The van der Waals surface area contributed by atoms with Gasteiger partial charge < -0.3 is 4.90 Å². The van der Waals surface area contributed by atoms with E-state index >= 15 is 0 Å². The highest BCUT2D eigenvalue weighted by Gasteiger charge is 2.27. The van der Waals surface area contributed by atoms with E-state index in [0.29, 0.717) is 11.6 Å². The van der Waals surface area contributed by atoms with Crippen LogP contribution in [0.5, 0.6) is 0 Å². The summed E-state index contributed by atoms with van der Waals surface area (Å²) < 4.78 is 2.01.